The van der Waals surface area contributed by atoms with Gasteiger partial charge in [-0.2, -0.15) is 4.37 Å². The molecular weight excluding hydrogens is 408 g/mol. The molecule has 30 heavy (non-hydrogen) atoms. The standard InChI is InChI=1S/C21H23F2N5OS/c1-3-13(24)12-28(4-2)21-18(11-25-30-21)27-20(29)17-10-6-9-16(26-17)19-14(22)7-5-8-15(19)23/h5-11,13H,3-4,12,24H2,1-2H3,(H,27,29). The highest BCUT2D eigenvalue weighted by Crippen LogP contribution is 2.31. The lowest BCUT2D eigenvalue weighted by Gasteiger charge is -2.25. The zero-order valence-electron chi connectivity index (χ0n) is 16.7. The number of anilines is 2. The first-order valence-electron chi connectivity index (χ1n) is 9.62. The topological polar surface area (TPSA) is 84.1 Å². The van der Waals surface area contributed by atoms with E-state index in [2.05, 4.69) is 19.6 Å². The number of carbonyl (C=O) groups is 1. The Balaban J connectivity index is 1.84. The molecule has 3 aromatic rings. The predicted octanol–water partition coefficient (Wildman–Crippen LogP) is 4.30. The third kappa shape index (κ3) is 4.80. The van der Waals surface area contributed by atoms with Crippen LogP contribution in [0.25, 0.3) is 11.3 Å². The number of hydrogen-bond donors (Lipinski definition) is 2. The molecule has 1 atom stereocenters. The summed E-state index contributed by atoms with van der Waals surface area (Å²) in [5.74, 6) is -1.98. The van der Waals surface area contributed by atoms with Gasteiger partial charge in [0.15, 0.2) is 0 Å². The maximum absolute atomic E-state index is 14.1. The predicted molar refractivity (Wildman–Crippen MR) is 116 cm³/mol. The van der Waals surface area contributed by atoms with Crippen LogP contribution in [0.15, 0.2) is 42.6 Å². The minimum absolute atomic E-state index is 0.00427. The molecule has 0 aliphatic carbocycles. The molecule has 0 bridgehead atoms. The molecule has 1 amide bonds. The van der Waals surface area contributed by atoms with Crippen LogP contribution < -0.4 is 16.0 Å². The molecule has 1 unspecified atom stereocenters. The van der Waals surface area contributed by atoms with Gasteiger partial charge < -0.3 is 16.0 Å². The number of likely N-dealkylation sites (N-methyl/N-ethyl adjacent to an activating group) is 1. The summed E-state index contributed by atoms with van der Waals surface area (Å²) in [6, 6.07) is 8.06. The monoisotopic (exact) mass is 431 g/mol. The molecule has 0 radical (unpaired) electrons. The van der Waals surface area contributed by atoms with E-state index in [4.69, 9.17) is 5.73 Å². The van der Waals surface area contributed by atoms with Crippen molar-refractivity contribution in [2.75, 3.05) is 23.3 Å². The van der Waals surface area contributed by atoms with Crippen LogP contribution in [0.1, 0.15) is 30.8 Å². The van der Waals surface area contributed by atoms with E-state index in [1.54, 1.807) is 6.20 Å². The number of nitrogens with two attached hydrogens (primary N) is 1. The van der Waals surface area contributed by atoms with Crippen molar-refractivity contribution in [3.8, 4) is 11.3 Å². The highest BCUT2D eigenvalue weighted by atomic mass is 32.1. The Bertz CT molecular complexity index is 1010. The fourth-order valence-corrected chi connectivity index (χ4v) is 3.72. The van der Waals surface area contributed by atoms with Gasteiger partial charge in [0.2, 0.25) is 0 Å². The van der Waals surface area contributed by atoms with E-state index in [0.29, 0.717) is 18.8 Å². The lowest BCUT2D eigenvalue weighted by molar-refractivity contribution is 0.102. The first kappa shape index (κ1) is 21.8. The lowest BCUT2D eigenvalue weighted by Crippen LogP contribution is -2.37. The maximum atomic E-state index is 14.1. The van der Waals surface area contributed by atoms with Crippen molar-refractivity contribution in [1.29, 1.82) is 0 Å². The average Bonchev–Trinajstić information content (AvgIpc) is 3.19. The molecule has 3 N–H and O–H groups in total. The molecule has 0 spiro atoms. The van der Waals surface area contributed by atoms with Gasteiger partial charge in [0.25, 0.3) is 5.91 Å². The largest absolute Gasteiger partial charge is 0.359 e. The zero-order chi connectivity index (χ0) is 21.7. The number of hydrogen-bond acceptors (Lipinski definition) is 6. The molecule has 0 saturated heterocycles. The van der Waals surface area contributed by atoms with Crippen LogP contribution in [0.5, 0.6) is 0 Å². The van der Waals surface area contributed by atoms with Crippen LogP contribution in [0.4, 0.5) is 19.5 Å². The molecule has 6 nitrogen and oxygen atoms in total. The fourth-order valence-electron chi connectivity index (χ4n) is 2.94. The Labute approximate surface area is 177 Å². The number of carbonyl (C=O) groups excluding carboxylic acids is 1. The van der Waals surface area contributed by atoms with Crippen molar-refractivity contribution in [2.24, 2.45) is 5.73 Å². The third-order valence-electron chi connectivity index (χ3n) is 4.65. The molecule has 158 valence electrons. The molecule has 0 saturated carbocycles. The van der Waals surface area contributed by atoms with Crippen molar-refractivity contribution < 1.29 is 13.6 Å². The number of aromatic nitrogens is 2. The molecule has 0 aliphatic rings. The van der Waals surface area contributed by atoms with Crippen LogP contribution in [-0.2, 0) is 0 Å². The number of halogens is 2. The molecule has 2 aromatic heterocycles. The summed E-state index contributed by atoms with van der Waals surface area (Å²) < 4.78 is 32.4. The number of rotatable bonds is 8. The highest BCUT2D eigenvalue weighted by Gasteiger charge is 2.19. The van der Waals surface area contributed by atoms with Gasteiger partial charge in [-0.15, -0.1) is 0 Å². The van der Waals surface area contributed by atoms with Crippen molar-refractivity contribution in [3.63, 3.8) is 0 Å². The molecule has 1 aromatic carbocycles. The van der Waals surface area contributed by atoms with Crippen LogP contribution in [0.3, 0.4) is 0 Å². The SMILES string of the molecule is CCC(N)CN(CC)c1sncc1NC(=O)c1cccc(-c2c(F)cccc2F)n1. The maximum Gasteiger partial charge on any atom is 0.274 e. The normalized spacial score (nSPS) is 11.9. The van der Waals surface area contributed by atoms with E-state index < -0.39 is 17.5 Å². The number of benzene rings is 1. The molecule has 2 heterocycles. The second kappa shape index (κ2) is 9.73. The third-order valence-corrected chi connectivity index (χ3v) is 5.51. The van der Waals surface area contributed by atoms with Crippen LogP contribution in [0.2, 0.25) is 0 Å². The van der Waals surface area contributed by atoms with E-state index in [1.165, 1.54) is 35.8 Å². The van der Waals surface area contributed by atoms with Crippen molar-refractivity contribution in [1.82, 2.24) is 9.36 Å². The summed E-state index contributed by atoms with van der Waals surface area (Å²) in [6.07, 6.45) is 2.40. The van der Waals surface area contributed by atoms with Crippen LogP contribution >= 0.6 is 11.5 Å². The number of nitrogens with zero attached hydrogens (tertiary/aromatic N) is 3. The number of amides is 1. The average molecular weight is 432 g/mol. The van der Waals surface area contributed by atoms with E-state index in [-0.39, 0.29) is 23.0 Å². The Kier molecular flexibility index (Phi) is 7.07. The van der Waals surface area contributed by atoms with Gasteiger partial charge in [-0.25, -0.2) is 13.8 Å². The van der Waals surface area contributed by atoms with Gasteiger partial charge in [-0.1, -0.05) is 19.1 Å². The van der Waals surface area contributed by atoms with E-state index in [1.807, 2.05) is 13.8 Å². The van der Waals surface area contributed by atoms with Crippen molar-refractivity contribution >= 4 is 28.1 Å². The summed E-state index contributed by atoms with van der Waals surface area (Å²) in [5, 5.41) is 3.59. The van der Waals surface area contributed by atoms with Crippen LogP contribution in [0, 0.1) is 11.6 Å². The molecule has 0 aliphatic heterocycles. The van der Waals surface area contributed by atoms with E-state index in [0.717, 1.165) is 23.6 Å². The zero-order valence-corrected chi connectivity index (χ0v) is 17.5. The first-order valence-corrected chi connectivity index (χ1v) is 10.4. The summed E-state index contributed by atoms with van der Waals surface area (Å²) >= 11 is 1.26. The smallest absolute Gasteiger partial charge is 0.274 e. The summed E-state index contributed by atoms with van der Waals surface area (Å²) in [5.41, 5.74) is 6.44. The second-order valence-corrected chi connectivity index (χ2v) is 7.49. The van der Waals surface area contributed by atoms with Crippen molar-refractivity contribution in [3.05, 3.63) is 59.9 Å². The Morgan fingerprint density at radius 2 is 1.90 bits per heavy atom. The summed E-state index contributed by atoms with van der Waals surface area (Å²) in [7, 11) is 0. The quantitative estimate of drug-likeness (QED) is 0.556. The first-order chi connectivity index (χ1) is 14.4. The number of pyridine rings is 1. The van der Waals surface area contributed by atoms with Gasteiger partial charge in [0.1, 0.15) is 22.3 Å². The highest BCUT2D eigenvalue weighted by molar-refractivity contribution is 7.11. The summed E-state index contributed by atoms with van der Waals surface area (Å²) in [4.78, 5) is 19.0. The number of nitrogens with one attached hydrogen (secondary N) is 1. The molecular formula is C21H23F2N5OS. The van der Waals surface area contributed by atoms with Gasteiger partial charge in [-0.05, 0) is 49.1 Å². The molecule has 3 rings (SSSR count). The van der Waals surface area contributed by atoms with Crippen LogP contribution in [-0.4, -0.2) is 34.4 Å². The summed E-state index contributed by atoms with van der Waals surface area (Å²) in [6.45, 7) is 5.37. The van der Waals surface area contributed by atoms with Crippen molar-refractivity contribution in [2.45, 2.75) is 26.3 Å². The van der Waals surface area contributed by atoms with E-state index >= 15 is 0 Å². The lowest BCUT2D eigenvalue weighted by atomic mass is 10.1. The van der Waals surface area contributed by atoms with Gasteiger partial charge in [0.05, 0.1) is 23.1 Å². The second-order valence-electron chi connectivity index (χ2n) is 6.71. The van der Waals surface area contributed by atoms with Gasteiger partial charge in [-0.3, -0.25) is 4.79 Å². The fraction of sp³-hybridized carbons (Fsp3) is 0.286. The van der Waals surface area contributed by atoms with Gasteiger partial charge >= 0.3 is 0 Å². The Morgan fingerprint density at radius 1 is 1.20 bits per heavy atom. The molecule has 9 heteroatoms. The Morgan fingerprint density at radius 3 is 2.57 bits per heavy atom. The molecule has 0 fully saturated rings. The minimum Gasteiger partial charge on any atom is -0.359 e. The minimum atomic E-state index is -0.741. The van der Waals surface area contributed by atoms with E-state index in [9.17, 15) is 13.6 Å². The Hall–Kier alpha value is -2.91. The van der Waals surface area contributed by atoms with Gasteiger partial charge in [0, 0.05) is 19.1 Å².